The minimum absolute atomic E-state index is 0.211. The predicted octanol–water partition coefficient (Wildman–Crippen LogP) is 3.91. The van der Waals surface area contributed by atoms with E-state index in [9.17, 15) is 5.11 Å². The highest BCUT2D eigenvalue weighted by atomic mass is 79.9. The second-order valence-electron chi connectivity index (χ2n) is 4.18. The minimum atomic E-state index is -0.749. The van der Waals surface area contributed by atoms with Crippen molar-refractivity contribution >= 4 is 27.5 Å². The topological polar surface area (TPSA) is 38.7 Å². The van der Waals surface area contributed by atoms with Crippen LogP contribution in [0.3, 0.4) is 0 Å². The van der Waals surface area contributed by atoms with Gasteiger partial charge in [-0.3, -0.25) is 0 Å². The van der Waals surface area contributed by atoms with Crippen LogP contribution in [0.5, 0.6) is 11.5 Å². The van der Waals surface area contributed by atoms with Crippen molar-refractivity contribution in [1.29, 1.82) is 0 Å². The molecule has 3 rings (SSSR count). The van der Waals surface area contributed by atoms with Crippen LogP contribution >= 0.6 is 27.5 Å². The van der Waals surface area contributed by atoms with Crippen LogP contribution < -0.4 is 9.47 Å². The Bertz CT molecular complexity index is 613. The summed E-state index contributed by atoms with van der Waals surface area (Å²) in [5.74, 6) is 1.32. The van der Waals surface area contributed by atoms with Gasteiger partial charge in [-0.1, -0.05) is 39.7 Å². The number of fused-ring (bicyclic) bond motifs is 1. The molecule has 0 bridgehead atoms. The smallest absolute Gasteiger partial charge is 0.231 e. The van der Waals surface area contributed by atoms with Crippen molar-refractivity contribution in [2.75, 3.05) is 6.79 Å². The molecule has 1 N–H and O–H groups in total. The first-order chi connectivity index (χ1) is 9.15. The lowest BCUT2D eigenvalue weighted by molar-refractivity contribution is 0.173. The van der Waals surface area contributed by atoms with Gasteiger partial charge >= 0.3 is 0 Å². The second-order valence-corrected chi connectivity index (χ2v) is 5.47. The Kier molecular flexibility index (Phi) is 3.39. The molecule has 5 heteroatoms. The molecule has 98 valence electrons. The third-order valence-electron chi connectivity index (χ3n) is 2.97. The number of ether oxygens (including phenoxy) is 2. The van der Waals surface area contributed by atoms with Gasteiger partial charge in [0.2, 0.25) is 6.79 Å². The van der Waals surface area contributed by atoms with E-state index in [0.29, 0.717) is 16.5 Å². The first kappa shape index (κ1) is 12.8. The van der Waals surface area contributed by atoms with Crippen LogP contribution in [0, 0.1) is 0 Å². The molecule has 0 saturated heterocycles. The van der Waals surface area contributed by atoms with E-state index in [4.69, 9.17) is 21.1 Å². The van der Waals surface area contributed by atoms with E-state index in [1.54, 1.807) is 36.4 Å². The number of halogens is 2. The maximum Gasteiger partial charge on any atom is 0.231 e. The van der Waals surface area contributed by atoms with Gasteiger partial charge in [0.15, 0.2) is 11.5 Å². The first-order valence-corrected chi connectivity index (χ1v) is 6.85. The molecular weight excluding hydrogens is 332 g/mol. The number of hydrogen-bond donors (Lipinski definition) is 1. The number of aliphatic hydroxyl groups is 1. The van der Waals surface area contributed by atoms with Gasteiger partial charge in [-0.15, -0.1) is 0 Å². The van der Waals surface area contributed by atoms with Crippen LogP contribution in [0.15, 0.2) is 40.9 Å². The standard InChI is InChI=1S/C14H10BrClO3/c15-11-6-13-12(18-7-19-13)5-10(11)14(17)8-1-3-9(16)4-2-8/h1-6,14,17H,7H2. The van der Waals surface area contributed by atoms with Gasteiger partial charge in [0.1, 0.15) is 6.10 Å². The molecule has 0 radical (unpaired) electrons. The highest BCUT2D eigenvalue weighted by molar-refractivity contribution is 9.10. The van der Waals surface area contributed by atoms with Crippen molar-refractivity contribution in [2.45, 2.75) is 6.10 Å². The van der Waals surface area contributed by atoms with Crippen molar-refractivity contribution < 1.29 is 14.6 Å². The van der Waals surface area contributed by atoms with E-state index < -0.39 is 6.10 Å². The number of rotatable bonds is 2. The summed E-state index contributed by atoms with van der Waals surface area (Å²) in [5.41, 5.74) is 1.50. The van der Waals surface area contributed by atoms with Crippen LogP contribution in [0.1, 0.15) is 17.2 Å². The molecule has 2 aromatic rings. The summed E-state index contributed by atoms with van der Waals surface area (Å²) in [6, 6.07) is 10.7. The predicted molar refractivity (Wildman–Crippen MR) is 75.8 cm³/mol. The van der Waals surface area contributed by atoms with Crippen molar-refractivity contribution in [2.24, 2.45) is 0 Å². The molecule has 1 heterocycles. The number of aliphatic hydroxyl groups excluding tert-OH is 1. The average molecular weight is 342 g/mol. The fourth-order valence-corrected chi connectivity index (χ4v) is 2.63. The quantitative estimate of drug-likeness (QED) is 0.900. The zero-order chi connectivity index (χ0) is 13.4. The van der Waals surface area contributed by atoms with Crippen molar-refractivity contribution in [3.8, 4) is 11.5 Å². The molecule has 0 saturated carbocycles. The van der Waals surface area contributed by atoms with E-state index >= 15 is 0 Å². The van der Waals surface area contributed by atoms with Gasteiger partial charge in [0, 0.05) is 15.1 Å². The molecule has 19 heavy (non-hydrogen) atoms. The van der Waals surface area contributed by atoms with Gasteiger partial charge in [-0.25, -0.2) is 0 Å². The van der Waals surface area contributed by atoms with E-state index in [2.05, 4.69) is 15.9 Å². The molecule has 1 aliphatic rings. The highest BCUT2D eigenvalue weighted by Crippen LogP contribution is 2.40. The van der Waals surface area contributed by atoms with Crippen LogP contribution in [0.4, 0.5) is 0 Å². The van der Waals surface area contributed by atoms with E-state index in [-0.39, 0.29) is 6.79 Å². The Hall–Kier alpha value is -1.23. The fraction of sp³-hybridized carbons (Fsp3) is 0.143. The third-order valence-corrected chi connectivity index (χ3v) is 3.91. The molecule has 0 aliphatic carbocycles. The molecule has 0 fully saturated rings. The van der Waals surface area contributed by atoms with Crippen molar-refractivity contribution in [3.63, 3.8) is 0 Å². The van der Waals surface area contributed by atoms with Crippen LogP contribution in [0.2, 0.25) is 5.02 Å². The van der Waals surface area contributed by atoms with Gasteiger partial charge in [-0.2, -0.15) is 0 Å². The SMILES string of the molecule is OC(c1ccc(Cl)cc1)c1cc2c(cc1Br)OCO2. The Balaban J connectivity index is 1.99. The van der Waals surface area contributed by atoms with E-state index in [1.165, 1.54) is 0 Å². The average Bonchev–Trinajstić information content (AvgIpc) is 2.85. The first-order valence-electron chi connectivity index (χ1n) is 5.68. The molecule has 2 aromatic carbocycles. The normalized spacial score (nSPS) is 14.5. The fourth-order valence-electron chi connectivity index (χ4n) is 1.97. The maximum absolute atomic E-state index is 10.4. The molecule has 1 atom stereocenters. The van der Waals surface area contributed by atoms with E-state index in [1.807, 2.05) is 0 Å². The lowest BCUT2D eigenvalue weighted by Crippen LogP contribution is -2.00. The summed E-state index contributed by atoms with van der Waals surface area (Å²) in [5, 5.41) is 11.1. The summed E-state index contributed by atoms with van der Waals surface area (Å²) in [6.07, 6.45) is -0.749. The summed E-state index contributed by atoms with van der Waals surface area (Å²) < 4.78 is 11.4. The zero-order valence-electron chi connectivity index (χ0n) is 9.77. The van der Waals surface area contributed by atoms with Crippen LogP contribution in [0.25, 0.3) is 0 Å². The second kappa shape index (κ2) is 5.04. The highest BCUT2D eigenvalue weighted by Gasteiger charge is 2.21. The zero-order valence-corrected chi connectivity index (χ0v) is 12.1. The minimum Gasteiger partial charge on any atom is -0.454 e. The monoisotopic (exact) mass is 340 g/mol. The Morgan fingerprint density at radius 1 is 1.11 bits per heavy atom. The van der Waals surface area contributed by atoms with E-state index in [0.717, 1.165) is 15.6 Å². The summed E-state index contributed by atoms with van der Waals surface area (Å²) in [6.45, 7) is 0.211. The Labute approximate surface area is 123 Å². The molecule has 0 amide bonds. The van der Waals surface area contributed by atoms with Gasteiger partial charge in [-0.05, 0) is 29.8 Å². The lowest BCUT2D eigenvalue weighted by atomic mass is 10.0. The lowest BCUT2D eigenvalue weighted by Gasteiger charge is -2.14. The Morgan fingerprint density at radius 2 is 1.74 bits per heavy atom. The van der Waals surface area contributed by atoms with Crippen LogP contribution in [-0.4, -0.2) is 11.9 Å². The summed E-state index contributed by atoms with van der Waals surface area (Å²) in [4.78, 5) is 0. The molecule has 0 aromatic heterocycles. The number of hydrogen-bond acceptors (Lipinski definition) is 3. The summed E-state index contributed by atoms with van der Waals surface area (Å²) >= 11 is 9.28. The molecule has 1 aliphatic heterocycles. The van der Waals surface area contributed by atoms with Crippen molar-refractivity contribution in [3.05, 3.63) is 57.0 Å². The maximum atomic E-state index is 10.4. The molecular formula is C14H10BrClO3. The molecule has 1 unspecified atom stereocenters. The molecule has 3 nitrogen and oxygen atoms in total. The van der Waals surface area contributed by atoms with Crippen LogP contribution in [-0.2, 0) is 0 Å². The largest absolute Gasteiger partial charge is 0.454 e. The van der Waals surface area contributed by atoms with Gasteiger partial charge in [0.25, 0.3) is 0 Å². The molecule has 0 spiro atoms. The third kappa shape index (κ3) is 2.43. The van der Waals surface area contributed by atoms with Crippen molar-refractivity contribution in [1.82, 2.24) is 0 Å². The van der Waals surface area contributed by atoms with Gasteiger partial charge < -0.3 is 14.6 Å². The Morgan fingerprint density at radius 3 is 2.42 bits per heavy atom. The van der Waals surface area contributed by atoms with Gasteiger partial charge in [0.05, 0.1) is 0 Å². The summed E-state index contributed by atoms with van der Waals surface area (Å²) in [7, 11) is 0. The number of benzene rings is 2.